The first kappa shape index (κ1) is 43.3. The molecule has 0 radical (unpaired) electrons. The summed E-state index contributed by atoms with van der Waals surface area (Å²) in [5.41, 5.74) is 22.0. The number of primary amides is 2. The van der Waals surface area contributed by atoms with Gasteiger partial charge in [0.2, 0.25) is 35.2 Å². The molecule has 10 N–H and O–H groups in total. The standard InChI is InChI=1S/C31H48N8O8S2/c1-4-17(2)27(29(45)28(44)22(37-36-20(14-40)15-48)12-19-8-6-5-7-9-19)35-30(46)21(10-11-25(32)42)34-31(47)23(13-26(33)43)38-39-24(16-49)18(3)41/h5-9,14,17,20-24,27,36-39,48-49H,4,10-13,15-16H2,1-3H3,(H2,32,42)(H2,33,43)(H,34,47)(H,35,46)/t17-,20+,21-,22-,23-,24-,27?/m0/s1. The highest BCUT2D eigenvalue weighted by Crippen LogP contribution is 2.13. The van der Waals surface area contributed by atoms with Crippen LogP contribution in [0, 0.1) is 5.92 Å². The van der Waals surface area contributed by atoms with Crippen LogP contribution in [-0.4, -0.2) is 95.0 Å². The highest BCUT2D eigenvalue weighted by atomic mass is 32.1. The van der Waals surface area contributed by atoms with Crippen LogP contribution < -0.4 is 43.8 Å². The van der Waals surface area contributed by atoms with E-state index in [0.29, 0.717) is 18.3 Å². The Morgan fingerprint density at radius 2 is 1.37 bits per heavy atom. The summed E-state index contributed by atoms with van der Waals surface area (Å²) in [6, 6.07) is 1.95. The number of amides is 4. The van der Waals surface area contributed by atoms with Crippen LogP contribution in [-0.2, 0) is 44.8 Å². The molecule has 0 aliphatic carbocycles. The molecule has 0 saturated carbocycles. The molecular formula is C31H48N8O8S2. The minimum Gasteiger partial charge on any atom is -0.370 e. The van der Waals surface area contributed by atoms with Crippen molar-refractivity contribution in [3.8, 4) is 0 Å². The molecule has 0 heterocycles. The van der Waals surface area contributed by atoms with Crippen LogP contribution in [0.3, 0.4) is 0 Å². The summed E-state index contributed by atoms with van der Waals surface area (Å²) in [6.07, 6.45) is -0.140. The Kier molecular flexibility index (Phi) is 20.2. The molecule has 7 atom stereocenters. The average Bonchev–Trinajstić information content (AvgIpc) is 3.07. The molecular weight excluding hydrogens is 677 g/mol. The average molecular weight is 725 g/mol. The van der Waals surface area contributed by atoms with Crippen LogP contribution in [0.5, 0.6) is 0 Å². The quantitative estimate of drug-likeness (QED) is 0.0212. The second kappa shape index (κ2) is 22.9. The van der Waals surface area contributed by atoms with E-state index < -0.39 is 83.8 Å². The number of carbonyl (C=O) groups is 8. The number of ketones is 3. The first-order chi connectivity index (χ1) is 23.2. The molecule has 0 spiro atoms. The lowest BCUT2D eigenvalue weighted by Crippen LogP contribution is -2.61. The molecule has 18 heteroatoms. The van der Waals surface area contributed by atoms with Crippen molar-refractivity contribution < 1.29 is 38.4 Å². The van der Waals surface area contributed by atoms with Crippen molar-refractivity contribution in [2.24, 2.45) is 17.4 Å². The van der Waals surface area contributed by atoms with Gasteiger partial charge in [-0.25, -0.2) is 21.7 Å². The molecule has 4 amide bonds. The number of hydrogen-bond acceptors (Lipinski definition) is 14. The van der Waals surface area contributed by atoms with E-state index in [4.69, 9.17) is 11.5 Å². The number of thiol groups is 2. The van der Waals surface area contributed by atoms with Crippen molar-refractivity contribution >= 4 is 72.5 Å². The molecule has 0 aliphatic heterocycles. The molecule has 1 unspecified atom stereocenters. The van der Waals surface area contributed by atoms with Gasteiger partial charge in [0.25, 0.3) is 0 Å². The van der Waals surface area contributed by atoms with Crippen molar-refractivity contribution in [2.45, 2.75) is 89.1 Å². The summed E-state index contributed by atoms with van der Waals surface area (Å²) >= 11 is 8.17. The number of nitrogens with two attached hydrogens (primary N) is 2. The van der Waals surface area contributed by atoms with E-state index in [2.05, 4.69) is 57.6 Å². The number of hydrogen-bond donors (Lipinski definition) is 10. The molecule has 1 aromatic carbocycles. The normalized spacial score (nSPS) is 15.4. The summed E-state index contributed by atoms with van der Waals surface area (Å²) in [5, 5.41) is 5.01. The summed E-state index contributed by atoms with van der Waals surface area (Å²) < 4.78 is 0. The van der Waals surface area contributed by atoms with Gasteiger partial charge in [0, 0.05) is 17.9 Å². The molecule has 0 fully saturated rings. The van der Waals surface area contributed by atoms with Crippen LogP contribution in [0.2, 0.25) is 0 Å². The van der Waals surface area contributed by atoms with Gasteiger partial charge in [-0.2, -0.15) is 25.3 Å². The van der Waals surface area contributed by atoms with E-state index in [9.17, 15) is 38.4 Å². The van der Waals surface area contributed by atoms with Gasteiger partial charge in [-0.15, -0.1) is 0 Å². The second-order valence-electron chi connectivity index (χ2n) is 11.5. The van der Waals surface area contributed by atoms with E-state index >= 15 is 0 Å². The van der Waals surface area contributed by atoms with E-state index in [1.165, 1.54) is 6.92 Å². The molecule has 0 bridgehead atoms. The number of benzene rings is 1. The predicted molar refractivity (Wildman–Crippen MR) is 188 cm³/mol. The third kappa shape index (κ3) is 15.6. The van der Waals surface area contributed by atoms with Gasteiger partial charge in [-0.1, -0.05) is 50.6 Å². The van der Waals surface area contributed by atoms with Gasteiger partial charge in [0.15, 0.2) is 0 Å². The zero-order valence-corrected chi connectivity index (χ0v) is 29.6. The molecule has 0 saturated heterocycles. The zero-order valence-electron chi connectivity index (χ0n) is 27.8. The van der Waals surface area contributed by atoms with E-state index in [1.807, 2.05) is 0 Å². The fourth-order valence-electron chi connectivity index (χ4n) is 4.39. The Labute approximate surface area is 296 Å². The fraction of sp³-hybridized carbons (Fsp3) is 0.548. The summed E-state index contributed by atoms with van der Waals surface area (Å²) in [6.45, 7) is 4.70. The first-order valence-corrected chi connectivity index (χ1v) is 16.9. The first-order valence-electron chi connectivity index (χ1n) is 15.7. The number of rotatable bonds is 26. The summed E-state index contributed by atoms with van der Waals surface area (Å²) in [7, 11) is 0. The van der Waals surface area contributed by atoms with Crippen LogP contribution >= 0.6 is 25.3 Å². The summed E-state index contributed by atoms with van der Waals surface area (Å²) in [5.74, 6) is -5.97. The number of hydrazine groups is 2. The zero-order chi connectivity index (χ0) is 37.1. The van der Waals surface area contributed by atoms with Crippen molar-refractivity contribution in [1.82, 2.24) is 32.3 Å². The van der Waals surface area contributed by atoms with Crippen molar-refractivity contribution in [3.63, 3.8) is 0 Å². The van der Waals surface area contributed by atoms with Crippen molar-refractivity contribution in [1.29, 1.82) is 0 Å². The molecule has 0 aromatic heterocycles. The second-order valence-corrected chi connectivity index (χ2v) is 12.2. The van der Waals surface area contributed by atoms with E-state index in [1.54, 1.807) is 44.2 Å². The van der Waals surface area contributed by atoms with Gasteiger partial charge in [0.1, 0.15) is 24.2 Å². The van der Waals surface area contributed by atoms with Crippen LogP contribution in [0.1, 0.15) is 52.0 Å². The lowest BCUT2D eigenvalue weighted by atomic mass is 9.89. The van der Waals surface area contributed by atoms with Gasteiger partial charge in [0.05, 0.1) is 30.6 Å². The highest BCUT2D eigenvalue weighted by Gasteiger charge is 2.37. The molecule has 49 heavy (non-hydrogen) atoms. The van der Waals surface area contributed by atoms with Crippen LogP contribution in [0.15, 0.2) is 30.3 Å². The number of aldehydes is 1. The monoisotopic (exact) mass is 724 g/mol. The maximum Gasteiger partial charge on any atom is 0.243 e. The van der Waals surface area contributed by atoms with E-state index in [0.717, 1.165) is 0 Å². The van der Waals surface area contributed by atoms with Crippen LogP contribution in [0.4, 0.5) is 0 Å². The van der Waals surface area contributed by atoms with Gasteiger partial charge >= 0.3 is 0 Å². The lowest BCUT2D eigenvalue weighted by Gasteiger charge is -2.28. The Balaban J connectivity index is 3.32. The Morgan fingerprint density at radius 3 is 1.88 bits per heavy atom. The van der Waals surface area contributed by atoms with E-state index in [-0.39, 0.29) is 36.6 Å². The lowest BCUT2D eigenvalue weighted by molar-refractivity contribution is -0.141. The Morgan fingerprint density at radius 1 is 0.776 bits per heavy atom. The molecule has 16 nitrogen and oxygen atoms in total. The minimum absolute atomic E-state index is 0.0608. The highest BCUT2D eigenvalue weighted by molar-refractivity contribution is 7.80. The fourth-order valence-corrected chi connectivity index (χ4v) is 4.91. The van der Waals surface area contributed by atoms with Gasteiger partial charge in [-0.3, -0.25) is 33.6 Å². The number of nitrogens with one attached hydrogen (secondary N) is 6. The third-order valence-corrected chi connectivity index (χ3v) is 8.34. The Hall–Kier alpha value is -3.68. The summed E-state index contributed by atoms with van der Waals surface area (Å²) in [4.78, 5) is 101. The van der Waals surface area contributed by atoms with Crippen molar-refractivity contribution in [3.05, 3.63) is 35.9 Å². The topological polar surface area (TPSA) is 261 Å². The van der Waals surface area contributed by atoms with Crippen LogP contribution in [0.25, 0.3) is 0 Å². The largest absolute Gasteiger partial charge is 0.370 e. The third-order valence-electron chi connectivity index (χ3n) is 7.58. The molecule has 0 aliphatic rings. The smallest absolute Gasteiger partial charge is 0.243 e. The molecule has 1 aromatic rings. The van der Waals surface area contributed by atoms with Gasteiger partial charge in [-0.05, 0) is 31.2 Å². The molecule has 272 valence electrons. The molecule has 1 rings (SSSR count). The van der Waals surface area contributed by atoms with Gasteiger partial charge < -0.3 is 26.9 Å². The van der Waals surface area contributed by atoms with Crippen molar-refractivity contribution in [2.75, 3.05) is 11.5 Å². The number of Topliss-reactive ketones (excluding diaryl/α,β-unsaturated/α-hetero) is 3. The maximum absolute atomic E-state index is 13.8. The SMILES string of the molecule is CC[C@H](C)C(NC(=O)[C@H](CCC(N)=O)NC(=O)[C@H](CC(N)=O)NN[C@@H](CS)C(C)=O)C(=O)C(=O)[C@H](Cc1ccccc1)NN[C@H](C=O)CS. The maximum atomic E-state index is 13.8. The number of carbonyl (C=O) groups excluding carboxylic acids is 8. The predicted octanol–water partition coefficient (Wildman–Crippen LogP) is -2.17. The Bertz CT molecular complexity index is 1310. The minimum atomic E-state index is -1.44.